The van der Waals surface area contributed by atoms with Crippen LogP contribution in [-0.2, 0) is 21.2 Å². The van der Waals surface area contributed by atoms with E-state index in [-0.39, 0.29) is 9.77 Å². The highest BCUT2D eigenvalue weighted by molar-refractivity contribution is 7.93. The number of esters is 1. The van der Waals surface area contributed by atoms with E-state index in [0.717, 1.165) is 36.2 Å². The van der Waals surface area contributed by atoms with Crippen LogP contribution in [0.3, 0.4) is 0 Å². The lowest BCUT2D eigenvalue weighted by molar-refractivity contribution is 0.0602. The van der Waals surface area contributed by atoms with Crippen molar-refractivity contribution in [3.05, 3.63) is 40.1 Å². The molecule has 1 aromatic heterocycles. The summed E-state index contributed by atoms with van der Waals surface area (Å²) in [6, 6.07) is 6.74. The van der Waals surface area contributed by atoms with Crippen LogP contribution in [0.15, 0.2) is 34.5 Å². The topological polar surface area (TPSA) is 81.7 Å². The van der Waals surface area contributed by atoms with Crippen LogP contribution in [0.2, 0.25) is 0 Å². The van der Waals surface area contributed by atoms with Crippen LogP contribution in [0.25, 0.3) is 0 Å². The van der Waals surface area contributed by atoms with Gasteiger partial charge in [0, 0.05) is 0 Å². The molecule has 0 bridgehead atoms. The number of anilines is 1. The van der Waals surface area contributed by atoms with E-state index >= 15 is 0 Å². The Bertz CT molecular complexity index is 842. The zero-order chi connectivity index (χ0) is 18.4. The Labute approximate surface area is 151 Å². The predicted octanol–water partition coefficient (Wildman–Crippen LogP) is 3.69. The number of sulfonamides is 1. The van der Waals surface area contributed by atoms with Crippen molar-refractivity contribution >= 4 is 33.0 Å². The number of thiophene rings is 1. The Morgan fingerprint density at radius 1 is 1.24 bits per heavy atom. The third kappa shape index (κ3) is 4.52. The summed E-state index contributed by atoms with van der Waals surface area (Å²) >= 11 is 1.02. The SMILES string of the molecule is CCCCc1ccc(NS(=O)(=O)c2ccsc2C(=O)OC)c(OC)c1. The zero-order valence-corrected chi connectivity index (χ0v) is 16.0. The number of carbonyl (C=O) groups is 1. The van der Waals surface area contributed by atoms with Crippen molar-refractivity contribution in [2.45, 2.75) is 31.1 Å². The summed E-state index contributed by atoms with van der Waals surface area (Å²) in [6.45, 7) is 2.11. The van der Waals surface area contributed by atoms with Gasteiger partial charge in [-0.15, -0.1) is 11.3 Å². The maximum atomic E-state index is 12.7. The minimum Gasteiger partial charge on any atom is -0.495 e. The van der Waals surface area contributed by atoms with Crippen LogP contribution in [0.4, 0.5) is 5.69 Å². The molecule has 0 unspecified atom stereocenters. The van der Waals surface area contributed by atoms with Gasteiger partial charge in [0.1, 0.15) is 15.5 Å². The van der Waals surface area contributed by atoms with E-state index in [4.69, 9.17) is 4.74 Å². The van der Waals surface area contributed by atoms with Crippen LogP contribution >= 0.6 is 11.3 Å². The van der Waals surface area contributed by atoms with E-state index in [1.807, 2.05) is 12.1 Å². The summed E-state index contributed by atoms with van der Waals surface area (Å²) in [4.78, 5) is 11.7. The monoisotopic (exact) mass is 383 g/mol. The van der Waals surface area contributed by atoms with Gasteiger partial charge in [-0.1, -0.05) is 19.4 Å². The first-order chi connectivity index (χ1) is 11.9. The van der Waals surface area contributed by atoms with Gasteiger partial charge < -0.3 is 9.47 Å². The lowest BCUT2D eigenvalue weighted by atomic mass is 10.1. The summed E-state index contributed by atoms with van der Waals surface area (Å²) in [5, 5.41) is 1.53. The summed E-state index contributed by atoms with van der Waals surface area (Å²) in [7, 11) is -1.24. The van der Waals surface area contributed by atoms with Crippen molar-refractivity contribution in [3.63, 3.8) is 0 Å². The van der Waals surface area contributed by atoms with Crippen molar-refractivity contribution in [3.8, 4) is 5.75 Å². The number of methoxy groups -OCH3 is 2. The highest BCUT2D eigenvalue weighted by Gasteiger charge is 2.25. The van der Waals surface area contributed by atoms with Crippen LogP contribution < -0.4 is 9.46 Å². The molecule has 2 rings (SSSR count). The fraction of sp³-hybridized carbons (Fsp3) is 0.353. The molecule has 0 aliphatic rings. The van der Waals surface area contributed by atoms with Gasteiger partial charge in [0.2, 0.25) is 0 Å². The van der Waals surface area contributed by atoms with Crippen LogP contribution in [0, 0.1) is 0 Å². The van der Waals surface area contributed by atoms with Crippen LogP contribution in [-0.4, -0.2) is 28.6 Å². The number of rotatable bonds is 8. The number of aryl methyl sites for hydroxylation is 1. The van der Waals surface area contributed by atoms with Crippen LogP contribution in [0.5, 0.6) is 5.75 Å². The molecule has 0 amide bonds. The molecule has 0 saturated carbocycles. The maximum Gasteiger partial charge on any atom is 0.349 e. The first-order valence-electron chi connectivity index (χ1n) is 7.78. The Morgan fingerprint density at radius 2 is 2.00 bits per heavy atom. The normalized spacial score (nSPS) is 11.2. The second-order valence-electron chi connectivity index (χ2n) is 5.35. The third-order valence-corrected chi connectivity index (χ3v) is 6.05. The maximum absolute atomic E-state index is 12.7. The van der Waals surface area contributed by atoms with E-state index < -0.39 is 16.0 Å². The lowest BCUT2D eigenvalue weighted by Crippen LogP contribution is -2.16. The summed E-state index contributed by atoms with van der Waals surface area (Å²) in [5.74, 6) is -0.246. The molecule has 0 radical (unpaired) electrons. The number of benzene rings is 1. The molecule has 25 heavy (non-hydrogen) atoms. The van der Waals surface area contributed by atoms with Gasteiger partial charge in [0.15, 0.2) is 0 Å². The molecular weight excluding hydrogens is 362 g/mol. The van der Waals surface area contributed by atoms with E-state index in [1.165, 1.54) is 25.7 Å². The first-order valence-corrected chi connectivity index (χ1v) is 10.1. The molecule has 8 heteroatoms. The molecule has 2 aromatic rings. The molecule has 1 heterocycles. The van der Waals surface area contributed by atoms with Gasteiger partial charge in [-0.2, -0.15) is 0 Å². The Morgan fingerprint density at radius 3 is 2.64 bits per heavy atom. The van der Waals surface area contributed by atoms with Gasteiger partial charge in [-0.05, 0) is 42.0 Å². The summed E-state index contributed by atoms with van der Waals surface area (Å²) < 4.78 is 37.8. The molecule has 0 saturated heterocycles. The van der Waals surface area contributed by atoms with E-state index in [0.29, 0.717) is 11.4 Å². The average molecular weight is 383 g/mol. The minimum atomic E-state index is -3.94. The quantitative estimate of drug-likeness (QED) is 0.703. The summed E-state index contributed by atoms with van der Waals surface area (Å²) in [6.07, 6.45) is 3.02. The van der Waals surface area contributed by atoms with E-state index in [1.54, 1.807) is 6.07 Å². The molecule has 0 aliphatic heterocycles. The molecule has 0 atom stereocenters. The van der Waals surface area contributed by atoms with Crippen molar-refractivity contribution < 1.29 is 22.7 Å². The molecule has 1 N–H and O–H groups in total. The second kappa shape index (κ2) is 8.35. The standard InChI is InChI=1S/C17H21NO5S2/c1-4-5-6-12-7-8-13(14(11-12)22-2)18-25(20,21)15-9-10-24-16(15)17(19)23-3/h7-11,18H,4-6H2,1-3H3. The molecule has 0 spiro atoms. The molecule has 6 nitrogen and oxygen atoms in total. The van der Waals surface area contributed by atoms with Crippen molar-refractivity contribution in [2.24, 2.45) is 0 Å². The highest BCUT2D eigenvalue weighted by atomic mass is 32.2. The second-order valence-corrected chi connectivity index (χ2v) is 7.92. The fourth-order valence-corrected chi connectivity index (χ4v) is 4.71. The lowest BCUT2D eigenvalue weighted by Gasteiger charge is -2.13. The Hall–Kier alpha value is -2.06. The summed E-state index contributed by atoms with van der Waals surface area (Å²) in [5.41, 5.74) is 1.40. The Balaban J connectivity index is 2.32. The average Bonchev–Trinajstić information content (AvgIpc) is 3.10. The van der Waals surface area contributed by atoms with Crippen molar-refractivity contribution in [1.29, 1.82) is 0 Å². The minimum absolute atomic E-state index is 0.0357. The van der Waals surface area contributed by atoms with E-state index in [9.17, 15) is 13.2 Å². The van der Waals surface area contributed by atoms with E-state index in [2.05, 4.69) is 16.4 Å². The van der Waals surface area contributed by atoms with Crippen molar-refractivity contribution in [1.82, 2.24) is 0 Å². The molecule has 0 aliphatic carbocycles. The van der Waals surface area contributed by atoms with Gasteiger partial charge >= 0.3 is 5.97 Å². The molecule has 136 valence electrons. The number of hydrogen-bond acceptors (Lipinski definition) is 6. The van der Waals surface area contributed by atoms with Crippen LogP contribution in [0.1, 0.15) is 35.0 Å². The highest BCUT2D eigenvalue weighted by Crippen LogP contribution is 2.30. The molecule has 0 fully saturated rings. The number of carbonyl (C=O) groups excluding carboxylic acids is 1. The largest absolute Gasteiger partial charge is 0.495 e. The number of ether oxygens (including phenoxy) is 2. The Kier molecular flexibility index (Phi) is 6.44. The predicted molar refractivity (Wildman–Crippen MR) is 98.1 cm³/mol. The number of unbranched alkanes of at least 4 members (excludes halogenated alkanes) is 1. The van der Waals surface area contributed by atoms with Gasteiger partial charge in [0.25, 0.3) is 10.0 Å². The first kappa shape index (κ1) is 19.3. The fourth-order valence-electron chi connectivity index (χ4n) is 2.31. The zero-order valence-electron chi connectivity index (χ0n) is 14.4. The van der Waals surface area contributed by atoms with Gasteiger partial charge in [0.05, 0.1) is 19.9 Å². The molecular formula is C17H21NO5S2. The van der Waals surface area contributed by atoms with Gasteiger partial charge in [-0.25, -0.2) is 13.2 Å². The third-order valence-electron chi connectivity index (χ3n) is 3.62. The number of hydrogen-bond donors (Lipinski definition) is 1. The number of nitrogens with one attached hydrogen (secondary N) is 1. The van der Waals surface area contributed by atoms with Gasteiger partial charge in [-0.3, -0.25) is 4.72 Å². The smallest absolute Gasteiger partial charge is 0.349 e. The molecule has 1 aromatic carbocycles. The van der Waals surface area contributed by atoms with Crippen molar-refractivity contribution in [2.75, 3.05) is 18.9 Å².